The van der Waals surface area contributed by atoms with E-state index in [1.54, 1.807) is 0 Å². The van der Waals surface area contributed by atoms with Crippen molar-refractivity contribution in [2.75, 3.05) is 19.8 Å². The first kappa shape index (κ1) is 6.01. The molecule has 1 heterocycles. The highest BCUT2D eigenvalue weighted by Crippen LogP contribution is 2.05. The largest absolute Gasteiger partial charge is 0.330 e. The van der Waals surface area contributed by atoms with Crippen LogP contribution in [0.25, 0.3) is 0 Å². The van der Waals surface area contributed by atoms with Crippen molar-refractivity contribution in [2.24, 2.45) is 0 Å². The number of hydrogen-bond donors (Lipinski definition) is 1. The van der Waals surface area contributed by atoms with E-state index in [2.05, 4.69) is 5.32 Å². The summed E-state index contributed by atoms with van der Waals surface area (Å²) >= 11 is 0. The second kappa shape index (κ2) is 3.02. The second-order valence-electron chi connectivity index (χ2n) is 1.51. The van der Waals surface area contributed by atoms with Crippen LogP contribution in [0.1, 0.15) is 6.92 Å². The molecule has 1 aliphatic rings. The van der Waals surface area contributed by atoms with Crippen molar-refractivity contribution in [3.05, 3.63) is 6.41 Å². The van der Waals surface area contributed by atoms with Gasteiger partial charge in [-0.1, -0.05) is 6.92 Å². The van der Waals surface area contributed by atoms with E-state index < -0.39 is 0 Å². The smallest absolute Gasteiger partial charge is 0.300 e. The predicted octanol–water partition coefficient (Wildman–Crippen LogP) is 0.0897. The predicted molar refractivity (Wildman–Crippen MR) is 28.8 cm³/mol. The minimum absolute atomic E-state index is 0.576. The van der Waals surface area contributed by atoms with Crippen molar-refractivity contribution >= 4 is 0 Å². The van der Waals surface area contributed by atoms with Gasteiger partial charge in [0.2, 0.25) is 0 Å². The van der Waals surface area contributed by atoms with Gasteiger partial charge in [-0.2, -0.15) is 0 Å². The maximum Gasteiger partial charge on any atom is 0.300 e. The monoisotopic (exact) mass is 116 g/mol. The highest BCUT2D eigenvalue weighted by atomic mass is 16.7. The minimum Gasteiger partial charge on any atom is -0.330 e. The molecule has 1 aliphatic heterocycles. The Balaban J connectivity index is 2.06. The lowest BCUT2D eigenvalue weighted by molar-refractivity contribution is 0.0482. The first-order chi connectivity index (χ1) is 3.93. The van der Waals surface area contributed by atoms with Crippen LogP contribution in [0.4, 0.5) is 0 Å². The zero-order valence-corrected chi connectivity index (χ0v) is 4.94. The van der Waals surface area contributed by atoms with Gasteiger partial charge < -0.3 is 9.47 Å². The molecule has 1 rings (SSSR count). The van der Waals surface area contributed by atoms with Gasteiger partial charge in [-0.3, -0.25) is 5.32 Å². The van der Waals surface area contributed by atoms with Crippen LogP contribution in [0, 0.1) is 6.41 Å². The lowest BCUT2D eigenvalue weighted by Crippen LogP contribution is -2.20. The van der Waals surface area contributed by atoms with Crippen molar-refractivity contribution in [1.29, 1.82) is 0 Å². The van der Waals surface area contributed by atoms with E-state index in [9.17, 15) is 0 Å². The summed E-state index contributed by atoms with van der Waals surface area (Å²) in [6.45, 7) is 4.22. The summed E-state index contributed by atoms with van der Waals surface area (Å²) in [7, 11) is 0. The average Bonchev–Trinajstić information content (AvgIpc) is 2.19. The molecule has 0 saturated carbocycles. The molecule has 0 spiro atoms. The van der Waals surface area contributed by atoms with E-state index in [-0.39, 0.29) is 0 Å². The molecule has 0 atom stereocenters. The van der Waals surface area contributed by atoms with Crippen LogP contribution in [0.5, 0.6) is 0 Å². The highest BCUT2D eigenvalue weighted by Gasteiger charge is 2.15. The zero-order valence-electron chi connectivity index (χ0n) is 4.94. The Morgan fingerprint density at radius 1 is 1.50 bits per heavy atom. The molecule has 0 bridgehead atoms. The molecular weight excluding hydrogens is 106 g/mol. The first-order valence-corrected chi connectivity index (χ1v) is 2.80. The molecule has 47 valence electrons. The second-order valence-corrected chi connectivity index (χ2v) is 1.51. The van der Waals surface area contributed by atoms with Crippen LogP contribution in [-0.4, -0.2) is 19.8 Å². The summed E-state index contributed by atoms with van der Waals surface area (Å²) in [5.74, 6) is 0. The van der Waals surface area contributed by atoms with Crippen LogP contribution < -0.4 is 5.32 Å². The molecule has 0 aromatic rings. The fourth-order valence-corrected chi connectivity index (χ4v) is 0.557. The molecule has 0 unspecified atom stereocenters. The molecule has 0 aromatic heterocycles. The van der Waals surface area contributed by atoms with Gasteiger partial charge in [0.25, 0.3) is 0 Å². The van der Waals surface area contributed by atoms with Gasteiger partial charge in [0.15, 0.2) is 0 Å². The van der Waals surface area contributed by atoms with Gasteiger partial charge in [0.1, 0.15) is 0 Å². The lowest BCUT2D eigenvalue weighted by atomic mass is 10.7. The molecule has 1 radical (unpaired) electrons. The van der Waals surface area contributed by atoms with Gasteiger partial charge in [-0.15, -0.1) is 0 Å². The Morgan fingerprint density at radius 2 is 2.12 bits per heavy atom. The standard InChI is InChI=1S/C5H10NO2/c1-2-6-5-7-3-4-8-5/h6H,2-4H2,1H3. The van der Waals surface area contributed by atoms with Crippen molar-refractivity contribution in [3.63, 3.8) is 0 Å². The molecule has 1 fully saturated rings. The van der Waals surface area contributed by atoms with Crippen LogP contribution in [-0.2, 0) is 9.47 Å². The molecule has 1 N–H and O–H groups in total. The average molecular weight is 116 g/mol. The Kier molecular flexibility index (Phi) is 2.27. The van der Waals surface area contributed by atoms with E-state index in [4.69, 9.17) is 9.47 Å². The minimum atomic E-state index is 0.576. The quantitative estimate of drug-likeness (QED) is 0.554. The molecule has 1 saturated heterocycles. The Hall–Kier alpha value is -0.120. The number of ether oxygens (including phenoxy) is 2. The summed E-state index contributed by atoms with van der Waals surface area (Å²) in [4.78, 5) is 0. The van der Waals surface area contributed by atoms with Crippen molar-refractivity contribution in [1.82, 2.24) is 5.32 Å². The maximum atomic E-state index is 4.98. The number of nitrogens with one attached hydrogen (secondary N) is 1. The van der Waals surface area contributed by atoms with Gasteiger partial charge in [-0.05, 0) is 6.54 Å². The normalized spacial score (nSPS) is 22.1. The summed E-state index contributed by atoms with van der Waals surface area (Å²) in [5.41, 5.74) is 0. The SMILES string of the molecule is CCN[C]1OCCO1. The van der Waals surface area contributed by atoms with E-state index in [0.717, 1.165) is 6.54 Å². The lowest BCUT2D eigenvalue weighted by Gasteiger charge is -2.03. The number of hydrogen-bond acceptors (Lipinski definition) is 3. The topological polar surface area (TPSA) is 30.5 Å². The highest BCUT2D eigenvalue weighted by molar-refractivity contribution is 4.64. The Labute approximate surface area is 49.0 Å². The summed E-state index contributed by atoms with van der Waals surface area (Å²) in [6.07, 6.45) is 0.576. The maximum absolute atomic E-state index is 4.98. The molecular formula is C5H10NO2. The molecule has 3 nitrogen and oxygen atoms in total. The third kappa shape index (κ3) is 1.43. The van der Waals surface area contributed by atoms with Gasteiger partial charge in [-0.25, -0.2) is 0 Å². The fraction of sp³-hybridized carbons (Fsp3) is 0.800. The van der Waals surface area contributed by atoms with E-state index >= 15 is 0 Å². The summed E-state index contributed by atoms with van der Waals surface area (Å²) in [5, 5.41) is 2.92. The third-order valence-corrected chi connectivity index (χ3v) is 0.871. The van der Waals surface area contributed by atoms with Crippen molar-refractivity contribution in [2.45, 2.75) is 6.92 Å². The number of rotatable bonds is 2. The summed E-state index contributed by atoms with van der Waals surface area (Å²) < 4.78 is 9.95. The van der Waals surface area contributed by atoms with Crippen LogP contribution in [0.3, 0.4) is 0 Å². The van der Waals surface area contributed by atoms with E-state index in [1.807, 2.05) is 6.92 Å². The Bertz CT molecular complexity index is 61.4. The molecule has 8 heavy (non-hydrogen) atoms. The van der Waals surface area contributed by atoms with Crippen LogP contribution in [0.2, 0.25) is 0 Å². The van der Waals surface area contributed by atoms with Crippen molar-refractivity contribution in [3.8, 4) is 0 Å². The molecule has 3 heteroatoms. The van der Waals surface area contributed by atoms with Crippen LogP contribution in [0.15, 0.2) is 0 Å². The van der Waals surface area contributed by atoms with Crippen LogP contribution >= 0.6 is 0 Å². The molecule has 0 aromatic carbocycles. The van der Waals surface area contributed by atoms with Gasteiger partial charge in [0, 0.05) is 0 Å². The van der Waals surface area contributed by atoms with E-state index in [0.29, 0.717) is 19.6 Å². The molecule has 0 amide bonds. The van der Waals surface area contributed by atoms with Crippen molar-refractivity contribution < 1.29 is 9.47 Å². The molecule has 0 aliphatic carbocycles. The summed E-state index contributed by atoms with van der Waals surface area (Å²) in [6, 6.07) is 0. The third-order valence-electron chi connectivity index (χ3n) is 0.871. The first-order valence-electron chi connectivity index (χ1n) is 2.80. The van der Waals surface area contributed by atoms with E-state index in [1.165, 1.54) is 0 Å². The van der Waals surface area contributed by atoms with Gasteiger partial charge in [0.05, 0.1) is 13.2 Å². The van der Waals surface area contributed by atoms with Gasteiger partial charge >= 0.3 is 6.41 Å². The fourth-order valence-electron chi connectivity index (χ4n) is 0.557. The Morgan fingerprint density at radius 3 is 2.62 bits per heavy atom. The zero-order chi connectivity index (χ0) is 5.82.